The molecular formula is C64H108O6. The summed E-state index contributed by atoms with van der Waals surface area (Å²) in [4.78, 5) is 38.1. The SMILES string of the molecule is CC/C=C\C/C=C\C/C=C\C/C=C\C/C=C\C/C=C\C/C=C\C/C=C\CCCCC(=O)OCC(COC(=O)CCCCCCCCCCCC)OC(=O)CCCCCCCCCCCCCCCCC. The molecule has 0 N–H and O–H groups in total. The molecule has 1 atom stereocenters. The first kappa shape index (κ1) is 66.3. The van der Waals surface area contributed by atoms with E-state index in [0.29, 0.717) is 19.3 Å². The molecule has 0 aliphatic heterocycles. The number of hydrogen-bond donors (Lipinski definition) is 0. The molecule has 6 heteroatoms. The van der Waals surface area contributed by atoms with Gasteiger partial charge in [-0.05, 0) is 83.5 Å². The molecule has 0 aromatic heterocycles. The van der Waals surface area contributed by atoms with Crippen LogP contribution in [0.2, 0.25) is 0 Å². The molecule has 0 saturated heterocycles. The average Bonchev–Trinajstić information content (AvgIpc) is 3.36. The normalized spacial score (nSPS) is 12.8. The minimum Gasteiger partial charge on any atom is -0.462 e. The van der Waals surface area contributed by atoms with Crippen molar-refractivity contribution in [3.63, 3.8) is 0 Å². The lowest BCUT2D eigenvalue weighted by Crippen LogP contribution is -2.30. The molecule has 0 bridgehead atoms. The van der Waals surface area contributed by atoms with E-state index in [9.17, 15) is 14.4 Å². The summed E-state index contributed by atoms with van der Waals surface area (Å²) in [5.41, 5.74) is 0. The van der Waals surface area contributed by atoms with Gasteiger partial charge in [0.25, 0.3) is 0 Å². The molecule has 0 radical (unpaired) electrons. The molecule has 0 rings (SSSR count). The van der Waals surface area contributed by atoms with Crippen LogP contribution in [0.4, 0.5) is 0 Å². The highest BCUT2D eigenvalue weighted by atomic mass is 16.6. The third-order valence-electron chi connectivity index (χ3n) is 12.4. The van der Waals surface area contributed by atoms with Crippen molar-refractivity contribution in [3.8, 4) is 0 Å². The summed E-state index contributed by atoms with van der Waals surface area (Å²) in [5, 5.41) is 0. The van der Waals surface area contributed by atoms with Crippen LogP contribution in [0.25, 0.3) is 0 Å². The van der Waals surface area contributed by atoms with E-state index in [0.717, 1.165) is 109 Å². The lowest BCUT2D eigenvalue weighted by Gasteiger charge is -2.18. The van der Waals surface area contributed by atoms with Crippen LogP contribution in [-0.2, 0) is 28.6 Å². The molecule has 70 heavy (non-hydrogen) atoms. The zero-order chi connectivity index (χ0) is 50.7. The summed E-state index contributed by atoms with van der Waals surface area (Å²) in [7, 11) is 0. The lowest BCUT2D eigenvalue weighted by atomic mass is 10.0. The Morgan fingerprint density at radius 3 is 0.871 bits per heavy atom. The van der Waals surface area contributed by atoms with Gasteiger partial charge in [-0.2, -0.15) is 0 Å². The maximum Gasteiger partial charge on any atom is 0.306 e. The molecule has 0 amide bonds. The van der Waals surface area contributed by atoms with Crippen molar-refractivity contribution in [2.45, 2.75) is 277 Å². The van der Waals surface area contributed by atoms with Gasteiger partial charge in [-0.25, -0.2) is 0 Å². The number of esters is 3. The van der Waals surface area contributed by atoms with E-state index in [-0.39, 0.29) is 31.1 Å². The number of ether oxygens (including phenoxy) is 3. The fourth-order valence-corrected chi connectivity index (χ4v) is 7.99. The molecule has 0 aromatic carbocycles. The quantitative estimate of drug-likeness (QED) is 0.0262. The lowest BCUT2D eigenvalue weighted by molar-refractivity contribution is -0.167. The molecule has 0 aliphatic rings. The maximum atomic E-state index is 12.8. The Kier molecular flexibility index (Phi) is 54.9. The van der Waals surface area contributed by atoms with Gasteiger partial charge in [-0.1, -0.05) is 266 Å². The molecule has 1 unspecified atom stereocenters. The van der Waals surface area contributed by atoms with Crippen molar-refractivity contribution in [1.29, 1.82) is 0 Å². The summed E-state index contributed by atoms with van der Waals surface area (Å²) < 4.78 is 16.8. The van der Waals surface area contributed by atoms with Crippen molar-refractivity contribution < 1.29 is 28.6 Å². The van der Waals surface area contributed by atoms with Crippen molar-refractivity contribution in [2.75, 3.05) is 13.2 Å². The van der Waals surface area contributed by atoms with E-state index in [4.69, 9.17) is 14.2 Å². The summed E-state index contributed by atoms with van der Waals surface area (Å²) in [6.45, 7) is 6.49. The zero-order valence-electron chi connectivity index (χ0n) is 45.8. The van der Waals surface area contributed by atoms with E-state index in [1.807, 2.05) is 0 Å². The first-order chi connectivity index (χ1) is 34.5. The molecule has 0 fully saturated rings. The Morgan fingerprint density at radius 1 is 0.300 bits per heavy atom. The summed E-state index contributed by atoms with van der Waals surface area (Å²) in [6.07, 6.45) is 76.9. The van der Waals surface area contributed by atoms with E-state index < -0.39 is 6.10 Å². The van der Waals surface area contributed by atoms with E-state index in [2.05, 4.69) is 118 Å². The smallest absolute Gasteiger partial charge is 0.306 e. The van der Waals surface area contributed by atoms with Crippen LogP contribution in [0, 0.1) is 0 Å². The molecule has 0 heterocycles. The van der Waals surface area contributed by atoms with Gasteiger partial charge in [0.1, 0.15) is 13.2 Å². The highest BCUT2D eigenvalue weighted by Gasteiger charge is 2.19. The third kappa shape index (κ3) is 55.3. The van der Waals surface area contributed by atoms with Crippen LogP contribution in [0.15, 0.2) is 97.2 Å². The Hall–Kier alpha value is -3.67. The highest BCUT2D eigenvalue weighted by Crippen LogP contribution is 2.16. The number of rotatable bonds is 52. The fourth-order valence-electron chi connectivity index (χ4n) is 7.99. The van der Waals surface area contributed by atoms with Gasteiger partial charge in [-0.15, -0.1) is 0 Å². The standard InChI is InChI=1S/C64H108O6/c1-4-7-10-13-16-19-22-24-26-27-28-29-30-31-32-33-34-35-36-37-39-40-42-45-48-51-54-57-63(66)69-60-61(59-68-62(65)56-53-50-47-44-21-18-15-12-9-6-3)70-64(67)58-55-52-49-46-43-41-38-25-23-20-17-14-11-8-5-2/h7,10,16,19,24,26,28-29,31-32,34-35,37,39,42,45,61H,4-6,8-9,11-15,17-18,20-23,25,27,30,33,36,38,40-41,43-44,46-60H2,1-3H3/b10-7-,19-16-,26-24-,29-28-,32-31-,35-34-,39-37-,45-42-. The zero-order valence-corrected chi connectivity index (χ0v) is 45.8. The van der Waals surface area contributed by atoms with Gasteiger partial charge in [0.2, 0.25) is 0 Å². The Labute approximate surface area is 432 Å². The Morgan fingerprint density at radius 2 is 0.557 bits per heavy atom. The summed E-state index contributed by atoms with van der Waals surface area (Å²) >= 11 is 0. The monoisotopic (exact) mass is 973 g/mol. The first-order valence-electron chi connectivity index (χ1n) is 29.2. The second kappa shape index (κ2) is 57.9. The van der Waals surface area contributed by atoms with Crippen LogP contribution in [0.1, 0.15) is 271 Å². The van der Waals surface area contributed by atoms with Gasteiger partial charge >= 0.3 is 17.9 Å². The van der Waals surface area contributed by atoms with Crippen LogP contribution < -0.4 is 0 Å². The van der Waals surface area contributed by atoms with Gasteiger partial charge in [-0.3, -0.25) is 14.4 Å². The van der Waals surface area contributed by atoms with Crippen LogP contribution in [0.3, 0.4) is 0 Å². The third-order valence-corrected chi connectivity index (χ3v) is 12.4. The van der Waals surface area contributed by atoms with E-state index >= 15 is 0 Å². The maximum absolute atomic E-state index is 12.8. The predicted octanol–water partition coefficient (Wildman–Crippen LogP) is 19.7. The van der Waals surface area contributed by atoms with E-state index in [1.54, 1.807) is 0 Å². The Bertz CT molecular complexity index is 1400. The highest BCUT2D eigenvalue weighted by molar-refractivity contribution is 5.71. The van der Waals surface area contributed by atoms with Crippen molar-refractivity contribution in [1.82, 2.24) is 0 Å². The molecule has 400 valence electrons. The number of hydrogen-bond acceptors (Lipinski definition) is 6. The van der Waals surface area contributed by atoms with Gasteiger partial charge in [0.05, 0.1) is 0 Å². The topological polar surface area (TPSA) is 78.9 Å². The molecule has 0 spiro atoms. The van der Waals surface area contributed by atoms with Crippen LogP contribution >= 0.6 is 0 Å². The minimum absolute atomic E-state index is 0.0882. The molecule has 0 aliphatic carbocycles. The number of unbranched alkanes of at least 4 members (excludes halogenated alkanes) is 25. The Balaban J connectivity index is 4.36. The summed E-state index contributed by atoms with van der Waals surface area (Å²) in [6, 6.07) is 0. The molecular weight excluding hydrogens is 865 g/mol. The van der Waals surface area contributed by atoms with Gasteiger partial charge in [0, 0.05) is 19.3 Å². The minimum atomic E-state index is -0.792. The summed E-state index contributed by atoms with van der Waals surface area (Å²) in [5.74, 6) is -0.930. The fraction of sp³-hybridized carbons (Fsp3) is 0.703. The van der Waals surface area contributed by atoms with Crippen LogP contribution in [0.5, 0.6) is 0 Å². The number of carbonyl (C=O) groups excluding carboxylic acids is 3. The van der Waals surface area contributed by atoms with Gasteiger partial charge in [0.15, 0.2) is 6.10 Å². The number of carbonyl (C=O) groups is 3. The predicted molar refractivity (Wildman–Crippen MR) is 302 cm³/mol. The first-order valence-corrected chi connectivity index (χ1v) is 29.2. The van der Waals surface area contributed by atoms with Crippen molar-refractivity contribution in [2.24, 2.45) is 0 Å². The number of allylic oxidation sites excluding steroid dienone is 16. The molecule has 6 nitrogen and oxygen atoms in total. The van der Waals surface area contributed by atoms with E-state index in [1.165, 1.54) is 122 Å². The molecule has 0 aromatic rings. The van der Waals surface area contributed by atoms with Crippen molar-refractivity contribution in [3.05, 3.63) is 97.2 Å². The average molecular weight is 974 g/mol. The molecule has 0 saturated carbocycles. The second-order valence-corrected chi connectivity index (χ2v) is 19.2. The second-order valence-electron chi connectivity index (χ2n) is 19.2. The van der Waals surface area contributed by atoms with Gasteiger partial charge < -0.3 is 14.2 Å². The van der Waals surface area contributed by atoms with Crippen LogP contribution in [-0.4, -0.2) is 37.2 Å². The largest absolute Gasteiger partial charge is 0.462 e. The van der Waals surface area contributed by atoms with Crippen molar-refractivity contribution >= 4 is 17.9 Å².